The predicted molar refractivity (Wildman–Crippen MR) is 130 cm³/mol. The number of benzene rings is 2. The molecule has 4 rings (SSSR count). The zero-order valence-corrected chi connectivity index (χ0v) is 18.2. The Morgan fingerprint density at radius 2 is 1.66 bits per heavy atom. The molecule has 0 spiro atoms. The quantitative estimate of drug-likeness (QED) is 0.478. The maximum Gasteiger partial charge on any atom is 0.246 e. The molecule has 0 atom stereocenters. The predicted octanol–water partition coefficient (Wildman–Crippen LogP) is 4.54. The molecular formula is C26H24N4O2. The number of likely N-dealkylation sites (N-methyl/N-ethyl adjacent to an activating group) is 1. The number of carbonyl (C=O) groups excluding carboxylic acids is 1. The molecule has 0 aliphatic heterocycles. The third kappa shape index (κ3) is 4.30. The summed E-state index contributed by atoms with van der Waals surface area (Å²) in [7, 11) is 3.38. The fourth-order valence-corrected chi connectivity index (χ4v) is 3.42. The van der Waals surface area contributed by atoms with Crippen LogP contribution in [-0.2, 0) is 4.79 Å². The summed E-state index contributed by atoms with van der Waals surface area (Å²) in [5.41, 5.74) is 3.61. The van der Waals surface area contributed by atoms with Crippen molar-refractivity contribution in [1.29, 1.82) is 0 Å². The number of nitrogens with zero attached hydrogens (tertiary/aromatic N) is 3. The minimum Gasteiger partial charge on any atom is -0.345 e. The van der Waals surface area contributed by atoms with Crippen LogP contribution in [-0.4, -0.2) is 34.5 Å². The third-order valence-corrected chi connectivity index (χ3v) is 5.12. The first kappa shape index (κ1) is 21.1. The zero-order valence-electron chi connectivity index (χ0n) is 18.2. The number of anilines is 2. The molecule has 0 bridgehead atoms. The molecule has 6 nitrogen and oxygen atoms in total. The van der Waals surface area contributed by atoms with Crippen molar-refractivity contribution in [2.24, 2.45) is 0 Å². The van der Waals surface area contributed by atoms with E-state index in [0.29, 0.717) is 16.9 Å². The number of nitrogens with one attached hydrogen (secondary N) is 1. The molecule has 0 aliphatic rings. The van der Waals surface area contributed by atoms with Crippen molar-refractivity contribution >= 4 is 34.5 Å². The van der Waals surface area contributed by atoms with Gasteiger partial charge < -0.3 is 10.2 Å². The molecule has 2 aromatic carbocycles. The maximum atomic E-state index is 13.1. The van der Waals surface area contributed by atoms with Crippen LogP contribution in [0.2, 0.25) is 0 Å². The van der Waals surface area contributed by atoms with Gasteiger partial charge >= 0.3 is 0 Å². The van der Waals surface area contributed by atoms with Gasteiger partial charge in [-0.3, -0.25) is 14.2 Å². The minimum atomic E-state index is -0.147. The Labute approximate surface area is 186 Å². The van der Waals surface area contributed by atoms with E-state index in [-0.39, 0.29) is 11.3 Å². The van der Waals surface area contributed by atoms with Crippen molar-refractivity contribution in [1.82, 2.24) is 14.5 Å². The number of hydrogen-bond acceptors (Lipinski definition) is 4. The lowest BCUT2D eigenvalue weighted by atomic mass is 10.1. The number of pyridine rings is 2. The first-order chi connectivity index (χ1) is 15.4. The smallest absolute Gasteiger partial charge is 0.246 e. The molecule has 2 heterocycles. The highest BCUT2D eigenvalue weighted by Gasteiger charge is 2.14. The Bertz CT molecular complexity index is 1360. The van der Waals surface area contributed by atoms with Crippen molar-refractivity contribution in [3.05, 3.63) is 100 Å². The SMILES string of the molecule is Cc1nc2c(cc1/C=C/C(=O)N(C)C)c(=O)cc(Nc1ccccc1)n2-c1ccccc1. The number of para-hydroxylation sites is 2. The molecule has 0 saturated carbocycles. The van der Waals surface area contributed by atoms with Crippen molar-refractivity contribution in [2.75, 3.05) is 19.4 Å². The Hall–Kier alpha value is -4.19. The topological polar surface area (TPSA) is 67.2 Å². The minimum absolute atomic E-state index is 0.131. The van der Waals surface area contributed by atoms with Gasteiger partial charge in [-0.1, -0.05) is 36.4 Å². The van der Waals surface area contributed by atoms with E-state index in [0.717, 1.165) is 22.6 Å². The molecule has 2 aromatic heterocycles. The van der Waals surface area contributed by atoms with E-state index in [2.05, 4.69) is 5.32 Å². The lowest BCUT2D eigenvalue weighted by Gasteiger charge is -2.18. The number of aromatic nitrogens is 2. The number of aryl methyl sites for hydroxylation is 1. The van der Waals surface area contributed by atoms with Crippen LogP contribution in [0, 0.1) is 6.92 Å². The Morgan fingerprint density at radius 3 is 2.31 bits per heavy atom. The highest BCUT2D eigenvalue weighted by Crippen LogP contribution is 2.25. The molecule has 0 saturated heterocycles. The first-order valence-electron chi connectivity index (χ1n) is 10.3. The summed E-state index contributed by atoms with van der Waals surface area (Å²) in [5.74, 6) is 0.492. The van der Waals surface area contributed by atoms with Crippen molar-refractivity contribution < 1.29 is 4.79 Å². The summed E-state index contributed by atoms with van der Waals surface area (Å²) in [5, 5.41) is 3.83. The number of rotatable bonds is 5. The van der Waals surface area contributed by atoms with Gasteiger partial charge in [0.15, 0.2) is 5.43 Å². The Kier molecular flexibility index (Phi) is 5.85. The van der Waals surface area contributed by atoms with Gasteiger partial charge in [-0.25, -0.2) is 4.98 Å². The van der Waals surface area contributed by atoms with Crippen molar-refractivity contribution in [3.63, 3.8) is 0 Å². The number of fused-ring (bicyclic) bond motifs is 1. The zero-order chi connectivity index (χ0) is 22.7. The van der Waals surface area contributed by atoms with Crippen LogP contribution in [0.1, 0.15) is 11.3 Å². The highest BCUT2D eigenvalue weighted by atomic mass is 16.2. The normalized spacial score (nSPS) is 11.1. The van der Waals surface area contributed by atoms with Gasteiger partial charge in [0.05, 0.1) is 5.39 Å². The Morgan fingerprint density at radius 1 is 1.00 bits per heavy atom. The third-order valence-electron chi connectivity index (χ3n) is 5.12. The monoisotopic (exact) mass is 424 g/mol. The van der Waals surface area contributed by atoms with E-state index in [4.69, 9.17) is 4.98 Å². The molecule has 0 unspecified atom stereocenters. The maximum absolute atomic E-state index is 13.1. The van der Waals surface area contributed by atoms with Crippen LogP contribution in [0.4, 0.5) is 11.5 Å². The lowest BCUT2D eigenvalue weighted by Crippen LogP contribution is -2.18. The molecule has 1 N–H and O–H groups in total. The second kappa shape index (κ2) is 8.89. The van der Waals surface area contributed by atoms with Gasteiger partial charge in [-0.15, -0.1) is 0 Å². The summed E-state index contributed by atoms with van der Waals surface area (Å²) in [6.07, 6.45) is 3.18. The van der Waals surface area contributed by atoms with Gasteiger partial charge in [-0.05, 0) is 48.9 Å². The van der Waals surface area contributed by atoms with E-state index in [1.807, 2.05) is 72.2 Å². The summed E-state index contributed by atoms with van der Waals surface area (Å²) < 4.78 is 1.94. The fraction of sp³-hybridized carbons (Fsp3) is 0.115. The average molecular weight is 425 g/mol. The van der Waals surface area contributed by atoms with Gasteiger partial charge in [0.1, 0.15) is 11.5 Å². The summed E-state index contributed by atoms with van der Waals surface area (Å²) >= 11 is 0. The van der Waals surface area contributed by atoms with Crippen LogP contribution >= 0.6 is 0 Å². The van der Waals surface area contributed by atoms with Crippen LogP contribution in [0.25, 0.3) is 22.8 Å². The van der Waals surface area contributed by atoms with Crippen LogP contribution in [0.3, 0.4) is 0 Å². The number of amides is 1. The summed E-state index contributed by atoms with van der Waals surface area (Å²) in [6.45, 7) is 1.87. The second-order valence-corrected chi connectivity index (χ2v) is 7.66. The molecule has 1 amide bonds. The molecule has 0 aliphatic carbocycles. The van der Waals surface area contributed by atoms with Crippen molar-refractivity contribution in [3.8, 4) is 5.69 Å². The molecule has 32 heavy (non-hydrogen) atoms. The molecular weight excluding hydrogens is 400 g/mol. The molecule has 0 fully saturated rings. The fourth-order valence-electron chi connectivity index (χ4n) is 3.42. The Balaban J connectivity index is 1.93. The summed E-state index contributed by atoms with van der Waals surface area (Å²) in [6, 6.07) is 22.9. The standard InChI is InChI=1S/C26H24N4O2/c1-18-19(14-15-25(32)29(2)3)16-22-23(31)17-24(28-20-10-6-4-7-11-20)30(26(22)27-18)21-12-8-5-9-13-21/h4-17,28H,1-3H3/b15-14+. The lowest BCUT2D eigenvalue weighted by molar-refractivity contribution is -0.123. The van der Waals surface area contributed by atoms with Gasteiger partial charge in [0, 0.05) is 43.3 Å². The van der Waals surface area contributed by atoms with Crippen LogP contribution < -0.4 is 10.7 Å². The van der Waals surface area contributed by atoms with E-state index < -0.39 is 0 Å². The number of carbonyl (C=O) groups is 1. The number of hydrogen-bond donors (Lipinski definition) is 1. The van der Waals surface area contributed by atoms with E-state index in [1.165, 1.54) is 11.0 Å². The van der Waals surface area contributed by atoms with E-state index >= 15 is 0 Å². The summed E-state index contributed by atoms with van der Waals surface area (Å²) in [4.78, 5) is 31.3. The first-order valence-corrected chi connectivity index (χ1v) is 10.3. The van der Waals surface area contributed by atoms with Crippen LogP contribution in [0.5, 0.6) is 0 Å². The van der Waals surface area contributed by atoms with E-state index in [9.17, 15) is 9.59 Å². The average Bonchev–Trinajstić information content (AvgIpc) is 2.79. The van der Waals surface area contributed by atoms with Gasteiger partial charge in [0.2, 0.25) is 5.91 Å². The molecule has 160 valence electrons. The molecule has 0 radical (unpaired) electrons. The molecule has 4 aromatic rings. The second-order valence-electron chi connectivity index (χ2n) is 7.66. The van der Waals surface area contributed by atoms with E-state index in [1.54, 1.807) is 32.3 Å². The van der Waals surface area contributed by atoms with Crippen LogP contribution in [0.15, 0.2) is 83.7 Å². The van der Waals surface area contributed by atoms with Gasteiger partial charge in [0.25, 0.3) is 0 Å². The largest absolute Gasteiger partial charge is 0.345 e. The van der Waals surface area contributed by atoms with Crippen molar-refractivity contribution in [2.45, 2.75) is 6.92 Å². The molecule has 6 heteroatoms. The van der Waals surface area contributed by atoms with Gasteiger partial charge in [-0.2, -0.15) is 0 Å². The highest BCUT2D eigenvalue weighted by molar-refractivity contribution is 5.92.